The highest BCUT2D eigenvalue weighted by Crippen LogP contribution is 2.44. The van der Waals surface area contributed by atoms with Crippen LogP contribution in [0, 0.1) is 11.3 Å². The minimum absolute atomic E-state index is 0.0185. The SMILES string of the molecule is CC1(C(=O)NC(C(=O)O)C2CCC2)CCCC1NC(=O)OCC1c2ccccc2-c2ccccc21. The zero-order valence-corrected chi connectivity index (χ0v) is 20.0. The molecule has 3 unspecified atom stereocenters. The number of carboxylic acids is 1. The van der Waals surface area contributed by atoms with Crippen LogP contribution in [0.1, 0.15) is 62.5 Å². The molecule has 3 atom stereocenters. The van der Waals surface area contributed by atoms with Crippen molar-refractivity contribution in [2.75, 3.05) is 6.61 Å². The number of hydrogen-bond acceptors (Lipinski definition) is 4. The minimum Gasteiger partial charge on any atom is -0.480 e. The molecule has 5 rings (SSSR count). The lowest BCUT2D eigenvalue weighted by atomic mass is 9.78. The van der Waals surface area contributed by atoms with Crippen LogP contribution in [0.3, 0.4) is 0 Å². The van der Waals surface area contributed by atoms with Gasteiger partial charge in [-0.05, 0) is 60.8 Å². The Labute approximate surface area is 205 Å². The molecule has 0 aliphatic heterocycles. The Bertz CT molecular complexity index is 1100. The van der Waals surface area contributed by atoms with E-state index in [4.69, 9.17) is 4.74 Å². The first-order valence-corrected chi connectivity index (χ1v) is 12.5. The lowest BCUT2D eigenvalue weighted by Crippen LogP contribution is -2.56. The number of ether oxygens (including phenoxy) is 1. The van der Waals surface area contributed by atoms with Gasteiger partial charge >= 0.3 is 12.1 Å². The van der Waals surface area contributed by atoms with E-state index >= 15 is 0 Å². The van der Waals surface area contributed by atoms with E-state index in [9.17, 15) is 19.5 Å². The van der Waals surface area contributed by atoms with Gasteiger partial charge in [0.15, 0.2) is 0 Å². The highest BCUT2D eigenvalue weighted by atomic mass is 16.5. The van der Waals surface area contributed by atoms with Gasteiger partial charge in [-0.25, -0.2) is 9.59 Å². The van der Waals surface area contributed by atoms with Crippen LogP contribution in [0.5, 0.6) is 0 Å². The number of hydrogen-bond donors (Lipinski definition) is 3. The highest BCUT2D eigenvalue weighted by molar-refractivity contribution is 5.89. The maximum absolute atomic E-state index is 13.2. The van der Waals surface area contributed by atoms with E-state index in [-0.39, 0.29) is 24.3 Å². The Balaban J connectivity index is 1.23. The maximum Gasteiger partial charge on any atom is 0.407 e. The van der Waals surface area contributed by atoms with Crippen molar-refractivity contribution in [3.8, 4) is 11.1 Å². The molecule has 3 N–H and O–H groups in total. The van der Waals surface area contributed by atoms with Crippen molar-refractivity contribution in [3.05, 3.63) is 59.7 Å². The van der Waals surface area contributed by atoms with E-state index in [0.29, 0.717) is 12.8 Å². The van der Waals surface area contributed by atoms with Crippen LogP contribution in [-0.2, 0) is 14.3 Å². The second-order valence-corrected chi connectivity index (χ2v) is 10.3. The molecule has 2 saturated carbocycles. The average molecular weight is 477 g/mol. The Morgan fingerprint density at radius 1 is 1.00 bits per heavy atom. The van der Waals surface area contributed by atoms with Crippen molar-refractivity contribution in [2.24, 2.45) is 11.3 Å². The van der Waals surface area contributed by atoms with Crippen molar-refractivity contribution < 1.29 is 24.2 Å². The monoisotopic (exact) mass is 476 g/mol. The van der Waals surface area contributed by atoms with Gasteiger partial charge in [-0.1, -0.05) is 61.4 Å². The Kier molecular flexibility index (Phi) is 6.26. The zero-order chi connectivity index (χ0) is 24.6. The van der Waals surface area contributed by atoms with E-state index in [2.05, 4.69) is 34.9 Å². The lowest BCUT2D eigenvalue weighted by Gasteiger charge is -2.36. The third kappa shape index (κ3) is 4.28. The van der Waals surface area contributed by atoms with Crippen LogP contribution in [0.2, 0.25) is 0 Å². The molecule has 0 spiro atoms. The third-order valence-electron chi connectivity index (χ3n) is 8.29. The number of benzene rings is 2. The molecule has 0 aromatic heterocycles. The van der Waals surface area contributed by atoms with Gasteiger partial charge in [0, 0.05) is 12.0 Å². The molecule has 184 valence electrons. The fourth-order valence-corrected chi connectivity index (χ4v) is 5.91. The summed E-state index contributed by atoms with van der Waals surface area (Å²) in [6, 6.07) is 15.0. The molecule has 3 aliphatic carbocycles. The van der Waals surface area contributed by atoms with Gasteiger partial charge in [0.05, 0.1) is 5.41 Å². The van der Waals surface area contributed by atoms with E-state index in [0.717, 1.165) is 47.9 Å². The molecule has 0 heterocycles. The summed E-state index contributed by atoms with van der Waals surface area (Å²) in [4.78, 5) is 37.7. The number of carbonyl (C=O) groups is 3. The van der Waals surface area contributed by atoms with Gasteiger partial charge in [0.1, 0.15) is 12.6 Å². The summed E-state index contributed by atoms with van der Waals surface area (Å²) in [5.41, 5.74) is 3.74. The average Bonchev–Trinajstić information content (AvgIpc) is 3.34. The predicted octanol–water partition coefficient (Wildman–Crippen LogP) is 4.45. The van der Waals surface area contributed by atoms with E-state index in [1.54, 1.807) is 0 Å². The quantitative estimate of drug-likeness (QED) is 0.548. The summed E-state index contributed by atoms with van der Waals surface area (Å²) < 4.78 is 5.68. The minimum atomic E-state index is -0.995. The summed E-state index contributed by atoms with van der Waals surface area (Å²) in [6.07, 6.45) is 4.09. The standard InChI is InChI=1S/C28H32N2O5/c1-28(26(33)30-24(25(31)32)17-8-6-9-17)15-7-14-23(28)29-27(34)35-16-22-20-12-4-2-10-18(20)19-11-3-5-13-21(19)22/h2-5,10-13,17,22-24H,6-9,14-16H2,1H3,(H,29,34)(H,30,33)(H,31,32). The molecule has 35 heavy (non-hydrogen) atoms. The number of carboxylic acid groups (broad SMARTS) is 1. The molecule has 7 nitrogen and oxygen atoms in total. The lowest BCUT2D eigenvalue weighted by molar-refractivity contribution is -0.146. The van der Waals surface area contributed by atoms with Crippen molar-refractivity contribution in [3.63, 3.8) is 0 Å². The summed E-state index contributed by atoms with van der Waals surface area (Å²) in [5, 5.41) is 15.3. The normalized spacial score (nSPS) is 24.1. The summed E-state index contributed by atoms with van der Waals surface area (Å²) in [7, 11) is 0. The number of amides is 2. The fraction of sp³-hybridized carbons (Fsp3) is 0.464. The molecule has 0 radical (unpaired) electrons. The Morgan fingerprint density at radius 2 is 1.63 bits per heavy atom. The number of fused-ring (bicyclic) bond motifs is 3. The van der Waals surface area contributed by atoms with Gasteiger partial charge in [-0.15, -0.1) is 0 Å². The molecule has 2 amide bonds. The van der Waals surface area contributed by atoms with E-state index in [1.165, 1.54) is 0 Å². The Hall–Kier alpha value is -3.35. The fourth-order valence-electron chi connectivity index (χ4n) is 5.91. The van der Waals surface area contributed by atoms with Crippen LogP contribution < -0.4 is 10.6 Å². The second kappa shape index (κ2) is 9.36. The van der Waals surface area contributed by atoms with Crippen LogP contribution in [-0.4, -0.2) is 41.8 Å². The molecule has 0 bridgehead atoms. The zero-order valence-electron chi connectivity index (χ0n) is 20.0. The van der Waals surface area contributed by atoms with Crippen molar-refractivity contribution >= 4 is 18.0 Å². The largest absolute Gasteiger partial charge is 0.480 e. The summed E-state index contributed by atoms with van der Waals surface area (Å²) >= 11 is 0. The second-order valence-electron chi connectivity index (χ2n) is 10.3. The number of nitrogens with one attached hydrogen (secondary N) is 2. The van der Waals surface area contributed by atoms with Gasteiger partial charge in [-0.2, -0.15) is 0 Å². The molecule has 2 fully saturated rings. The van der Waals surface area contributed by atoms with Crippen LogP contribution in [0.25, 0.3) is 11.1 Å². The molecular formula is C28H32N2O5. The first kappa shape index (κ1) is 23.4. The highest BCUT2D eigenvalue weighted by Gasteiger charge is 2.48. The molecular weight excluding hydrogens is 444 g/mol. The molecule has 2 aromatic rings. The number of rotatable bonds is 7. The van der Waals surface area contributed by atoms with Gasteiger partial charge < -0.3 is 20.5 Å². The summed E-state index contributed by atoms with van der Waals surface area (Å²) in [5.74, 6) is -1.36. The van der Waals surface area contributed by atoms with Crippen molar-refractivity contribution in [1.82, 2.24) is 10.6 Å². The molecule has 2 aromatic carbocycles. The molecule has 7 heteroatoms. The van der Waals surface area contributed by atoms with E-state index < -0.39 is 29.6 Å². The van der Waals surface area contributed by atoms with Crippen molar-refractivity contribution in [2.45, 2.75) is 63.5 Å². The number of aliphatic carboxylic acids is 1. The first-order chi connectivity index (χ1) is 16.9. The van der Waals surface area contributed by atoms with Crippen LogP contribution in [0.15, 0.2) is 48.5 Å². The molecule has 3 aliphatic rings. The Morgan fingerprint density at radius 3 is 2.20 bits per heavy atom. The molecule has 0 saturated heterocycles. The van der Waals surface area contributed by atoms with E-state index in [1.807, 2.05) is 31.2 Å². The van der Waals surface area contributed by atoms with Crippen LogP contribution in [0.4, 0.5) is 4.79 Å². The maximum atomic E-state index is 13.2. The first-order valence-electron chi connectivity index (χ1n) is 12.5. The summed E-state index contributed by atoms with van der Waals surface area (Å²) in [6.45, 7) is 2.02. The number of carbonyl (C=O) groups excluding carboxylic acids is 2. The van der Waals surface area contributed by atoms with Crippen molar-refractivity contribution in [1.29, 1.82) is 0 Å². The third-order valence-corrected chi connectivity index (χ3v) is 8.29. The predicted molar refractivity (Wildman–Crippen MR) is 131 cm³/mol. The van der Waals surface area contributed by atoms with Gasteiger partial charge in [0.2, 0.25) is 5.91 Å². The van der Waals surface area contributed by atoms with Crippen LogP contribution >= 0.6 is 0 Å². The topological polar surface area (TPSA) is 105 Å². The number of alkyl carbamates (subject to hydrolysis) is 1. The smallest absolute Gasteiger partial charge is 0.407 e. The van der Waals surface area contributed by atoms with Gasteiger partial charge in [-0.3, -0.25) is 4.79 Å². The van der Waals surface area contributed by atoms with Gasteiger partial charge in [0.25, 0.3) is 0 Å².